The monoisotopic (exact) mass is 270 g/mol. The Hall–Kier alpha value is -1.13. The predicted octanol–water partition coefficient (Wildman–Crippen LogP) is 2.40. The van der Waals surface area contributed by atoms with Crippen LogP contribution in [-0.2, 0) is 0 Å². The van der Waals surface area contributed by atoms with Crippen molar-refractivity contribution < 1.29 is 4.79 Å². The van der Waals surface area contributed by atoms with Gasteiger partial charge < -0.3 is 10.6 Å². The van der Waals surface area contributed by atoms with E-state index in [2.05, 4.69) is 0 Å². The third-order valence-corrected chi connectivity index (χ3v) is 3.32. The van der Waals surface area contributed by atoms with Crippen LogP contribution < -0.4 is 5.73 Å². The van der Waals surface area contributed by atoms with E-state index in [1.54, 1.807) is 26.1 Å². The Morgan fingerprint density at radius 2 is 2.12 bits per heavy atom. The Kier molecular flexibility index (Phi) is 4.48. The number of benzene rings is 1. The first-order chi connectivity index (χ1) is 7.84. The van der Waals surface area contributed by atoms with Gasteiger partial charge in [-0.25, -0.2) is 0 Å². The van der Waals surface area contributed by atoms with Crippen molar-refractivity contribution in [2.75, 3.05) is 7.05 Å². The standard InChI is InChI=1S/C12H15ClN2OS/c1-7-4-5-9(13)6-10(7)12(16)15(3)8(2)11(14)17/h4-6,8H,1-3H3,(H2,14,17). The van der Waals surface area contributed by atoms with Gasteiger partial charge in [0.1, 0.15) is 0 Å². The van der Waals surface area contributed by atoms with Gasteiger partial charge in [0.05, 0.1) is 11.0 Å². The molecule has 0 fully saturated rings. The number of likely N-dealkylation sites (N-methyl/N-ethyl adjacent to an activating group) is 1. The minimum atomic E-state index is -0.282. The fourth-order valence-electron chi connectivity index (χ4n) is 1.38. The molecule has 0 aliphatic carbocycles. The molecule has 1 atom stereocenters. The van der Waals surface area contributed by atoms with Crippen molar-refractivity contribution in [3.05, 3.63) is 34.3 Å². The van der Waals surface area contributed by atoms with Crippen molar-refractivity contribution in [3.8, 4) is 0 Å². The molecule has 0 aliphatic rings. The lowest BCUT2D eigenvalue weighted by Crippen LogP contribution is -2.42. The van der Waals surface area contributed by atoms with Crippen LogP contribution in [0.4, 0.5) is 0 Å². The van der Waals surface area contributed by atoms with Gasteiger partial charge in [-0.3, -0.25) is 4.79 Å². The normalized spacial score (nSPS) is 12.0. The Morgan fingerprint density at radius 3 is 2.65 bits per heavy atom. The van der Waals surface area contributed by atoms with E-state index in [1.165, 1.54) is 4.90 Å². The highest BCUT2D eigenvalue weighted by Crippen LogP contribution is 2.17. The first kappa shape index (κ1) is 13.9. The Balaban J connectivity index is 3.04. The molecule has 5 heteroatoms. The molecule has 1 rings (SSSR count). The topological polar surface area (TPSA) is 46.3 Å². The van der Waals surface area contributed by atoms with Crippen molar-refractivity contribution in [2.24, 2.45) is 5.73 Å². The highest BCUT2D eigenvalue weighted by atomic mass is 35.5. The molecule has 0 spiro atoms. The second-order valence-electron chi connectivity index (χ2n) is 3.95. The van der Waals surface area contributed by atoms with Crippen LogP contribution in [0.25, 0.3) is 0 Å². The molecule has 2 N–H and O–H groups in total. The van der Waals surface area contributed by atoms with Crippen molar-refractivity contribution in [3.63, 3.8) is 0 Å². The highest BCUT2D eigenvalue weighted by molar-refractivity contribution is 7.80. The minimum absolute atomic E-state index is 0.134. The molecule has 0 saturated heterocycles. The van der Waals surface area contributed by atoms with Gasteiger partial charge in [-0.2, -0.15) is 0 Å². The maximum Gasteiger partial charge on any atom is 0.254 e. The lowest BCUT2D eigenvalue weighted by Gasteiger charge is -2.24. The predicted molar refractivity (Wildman–Crippen MR) is 74.5 cm³/mol. The van der Waals surface area contributed by atoms with Crippen LogP contribution in [0.3, 0.4) is 0 Å². The zero-order valence-corrected chi connectivity index (χ0v) is 11.6. The number of nitrogens with zero attached hydrogens (tertiary/aromatic N) is 1. The summed E-state index contributed by atoms with van der Waals surface area (Å²) in [6.45, 7) is 3.66. The van der Waals surface area contributed by atoms with Crippen LogP contribution in [-0.4, -0.2) is 28.9 Å². The molecule has 0 heterocycles. The molecule has 17 heavy (non-hydrogen) atoms. The second kappa shape index (κ2) is 5.47. The molecule has 1 aromatic carbocycles. The van der Waals surface area contributed by atoms with Gasteiger partial charge in [0, 0.05) is 17.6 Å². The van der Waals surface area contributed by atoms with Crippen LogP contribution in [0.2, 0.25) is 5.02 Å². The van der Waals surface area contributed by atoms with E-state index < -0.39 is 0 Å². The van der Waals surface area contributed by atoms with Crippen LogP contribution in [0, 0.1) is 6.92 Å². The summed E-state index contributed by atoms with van der Waals surface area (Å²) in [5.74, 6) is -0.134. The summed E-state index contributed by atoms with van der Waals surface area (Å²) >= 11 is 10.8. The Labute approximate surface area is 112 Å². The summed E-state index contributed by atoms with van der Waals surface area (Å²) in [4.78, 5) is 14.0. The zero-order valence-electron chi connectivity index (χ0n) is 10.0. The van der Waals surface area contributed by atoms with Gasteiger partial charge in [-0.15, -0.1) is 0 Å². The second-order valence-corrected chi connectivity index (χ2v) is 4.86. The Morgan fingerprint density at radius 1 is 1.53 bits per heavy atom. The number of aryl methyl sites for hydroxylation is 1. The molecule has 0 radical (unpaired) electrons. The summed E-state index contributed by atoms with van der Waals surface area (Å²) in [6, 6.07) is 4.94. The quantitative estimate of drug-likeness (QED) is 0.858. The zero-order chi connectivity index (χ0) is 13.2. The summed E-state index contributed by atoms with van der Waals surface area (Å²) in [5.41, 5.74) is 6.98. The van der Waals surface area contributed by atoms with Crippen molar-refractivity contribution in [1.82, 2.24) is 4.90 Å². The molecule has 1 unspecified atom stereocenters. The van der Waals surface area contributed by atoms with E-state index in [-0.39, 0.29) is 11.9 Å². The number of hydrogen-bond donors (Lipinski definition) is 1. The number of hydrogen-bond acceptors (Lipinski definition) is 2. The van der Waals surface area contributed by atoms with Gasteiger partial charge >= 0.3 is 0 Å². The van der Waals surface area contributed by atoms with Gasteiger partial charge in [0.15, 0.2) is 0 Å². The van der Waals surface area contributed by atoms with Crippen LogP contribution in [0.1, 0.15) is 22.8 Å². The molecule has 0 bridgehead atoms. The molecule has 0 saturated carbocycles. The minimum Gasteiger partial charge on any atom is -0.392 e. The lowest BCUT2D eigenvalue weighted by atomic mass is 10.1. The maximum atomic E-state index is 12.2. The molecule has 1 amide bonds. The summed E-state index contributed by atoms with van der Waals surface area (Å²) in [7, 11) is 1.67. The van der Waals surface area contributed by atoms with E-state index in [0.717, 1.165) is 5.56 Å². The third kappa shape index (κ3) is 3.17. The fraction of sp³-hybridized carbons (Fsp3) is 0.333. The van der Waals surface area contributed by atoms with Crippen molar-refractivity contribution in [2.45, 2.75) is 19.9 Å². The van der Waals surface area contributed by atoms with E-state index in [0.29, 0.717) is 15.6 Å². The molecule has 0 aromatic heterocycles. The number of nitrogens with two attached hydrogens (primary N) is 1. The number of carbonyl (C=O) groups excluding carboxylic acids is 1. The van der Waals surface area contributed by atoms with Gasteiger partial charge in [-0.1, -0.05) is 29.9 Å². The van der Waals surface area contributed by atoms with Gasteiger partial charge in [0.2, 0.25) is 0 Å². The van der Waals surface area contributed by atoms with Crippen molar-refractivity contribution >= 4 is 34.7 Å². The van der Waals surface area contributed by atoms with Crippen LogP contribution in [0.15, 0.2) is 18.2 Å². The van der Waals surface area contributed by atoms with Crippen LogP contribution >= 0.6 is 23.8 Å². The average molecular weight is 271 g/mol. The van der Waals surface area contributed by atoms with E-state index in [1.807, 2.05) is 13.0 Å². The lowest BCUT2D eigenvalue weighted by molar-refractivity contribution is 0.0778. The van der Waals surface area contributed by atoms with Gasteiger partial charge in [0.25, 0.3) is 5.91 Å². The summed E-state index contributed by atoms with van der Waals surface area (Å²) in [6.07, 6.45) is 0. The summed E-state index contributed by atoms with van der Waals surface area (Å²) in [5, 5.41) is 0.537. The SMILES string of the molecule is Cc1ccc(Cl)cc1C(=O)N(C)C(C)C(N)=S. The van der Waals surface area contributed by atoms with Crippen LogP contribution in [0.5, 0.6) is 0 Å². The number of thiocarbonyl (C=S) groups is 1. The molecule has 3 nitrogen and oxygen atoms in total. The van der Waals surface area contributed by atoms with E-state index >= 15 is 0 Å². The first-order valence-corrected chi connectivity index (χ1v) is 5.96. The average Bonchev–Trinajstić information content (AvgIpc) is 2.29. The number of rotatable bonds is 3. The fourth-order valence-corrected chi connectivity index (χ4v) is 1.71. The third-order valence-electron chi connectivity index (χ3n) is 2.74. The first-order valence-electron chi connectivity index (χ1n) is 5.17. The van der Waals surface area contributed by atoms with Gasteiger partial charge in [-0.05, 0) is 31.5 Å². The Bertz CT molecular complexity index is 462. The van der Waals surface area contributed by atoms with E-state index in [4.69, 9.17) is 29.6 Å². The molecular weight excluding hydrogens is 256 g/mol. The molecule has 1 aromatic rings. The molecule has 92 valence electrons. The molecule has 0 aliphatic heterocycles. The largest absolute Gasteiger partial charge is 0.392 e. The number of amides is 1. The smallest absolute Gasteiger partial charge is 0.254 e. The molecular formula is C12H15ClN2OS. The summed E-state index contributed by atoms with van der Waals surface area (Å²) < 4.78 is 0. The van der Waals surface area contributed by atoms with Crippen molar-refractivity contribution in [1.29, 1.82) is 0 Å². The highest BCUT2D eigenvalue weighted by Gasteiger charge is 2.20. The maximum absolute atomic E-state index is 12.2. The number of carbonyl (C=O) groups is 1. The number of halogens is 1. The van der Waals surface area contributed by atoms with E-state index in [9.17, 15) is 4.79 Å².